The third-order valence-corrected chi connectivity index (χ3v) is 5.01. The smallest absolute Gasteiger partial charge is 0.336 e. The lowest BCUT2D eigenvalue weighted by Crippen LogP contribution is -2.41. The van der Waals surface area contributed by atoms with E-state index < -0.39 is 0 Å². The van der Waals surface area contributed by atoms with Gasteiger partial charge in [-0.1, -0.05) is 6.92 Å². The van der Waals surface area contributed by atoms with Crippen LogP contribution in [-0.4, -0.2) is 6.10 Å². The van der Waals surface area contributed by atoms with Gasteiger partial charge in [-0.3, -0.25) is 0 Å². The average Bonchev–Trinajstić information content (AvgIpc) is 3.00. The van der Waals surface area contributed by atoms with E-state index in [0.717, 1.165) is 41.6 Å². The molecule has 0 saturated carbocycles. The Balaban J connectivity index is 1.65. The molecule has 1 aliphatic rings. The van der Waals surface area contributed by atoms with Crippen molar-refractivity contribution in [1.29, 1.82) is 0 Å². The van der Waals surface area contributed by atoms with Crippen LogP contribution in [0.15, 0.2) is 45.9 Å². The molecule has 0 aliphatic carbocycles. The largest absolute Gasteiger partial charge is 0.483 e. The fraction of sp³-hybridized carbons (Fsp3) is 0.333. The zero-order valence-electron chi connectivity index (χ0n) is 14.8. The molecule has 0 fully saturated rings. The Hall–Kier alpha value is -2.62. The summed E-state index contributed by atoms with van der Waals surface area (Å²) >= 11 is 0. The summed E-state index contributed by atoms with van der Waals surface area (Å²) in [5, 5.41) is 1.00. The Kier molecular flexibility index (Phi) is 3.83. The van der Waals surface area contributed by atoms with Crippen molar-refractivity contribution < 1.29 is 13.7 Å². The van der Waals surface area contributed by atoms with E-state index in [9.17, 15) is 4.79 Å². The van der Waals surface area contributed by atoms with E-state index in [4.69, 9.17) is 9.15 Å². The molecule has 0 N–H and O–H groups in total. The number of pyridine rings is 1. The van der Waals surface area contributed by atoms with Crippen molar-refractivity contribution in [3.05, 3.63) is 69.3 Å². The number of nitrogens with zero attached hydrogens (tertiary/aromatic N) is 1. The summed E-state index contributed by atoms with van der Waals surface area (Å²) in [5.41, 5.74) is 4.72. The summed E-state index contributed by atoms with van der Waals surface area (Å²) in [6, 6.07) is 7.96. The third kappa shape index (κ3) is 2.82. The minimum absolute atomic E-state index is 0.0926. The first-order chi connectivity index (χ1) is 12.0. The van der Waals surface area contributed by atoms with E-state index in [1.54, 1.807) is 6.07 Å². The molecule has 3 aromatic rings. The molecule has 0 spiro atoms. The van der Waals surface area contributed by atoms with Gasteiger partial charge in [0.2, 0.25) is 0 Å². The van der Waals surface area contributed by atoms with Crippen molar-refractivity contribution in [2.45, 2.75) is 46.3 Å². The van der Waals surface area contributed by atoms with Crippen molar-refractivity contribution in [3.63, 3.8) is 0 Å². The molecular formula is C21H22NO3+. The number of benzene rings is 1. The summed E-state index contributed by atoms with van der Waals surface area (Å²) in [4.78, 5) is 11.7. The molecule has 2 aromatic heterocycles. The zero-order chi connectivity index (χ0) is 17.6. The lowest BCUT2D eigenvalue weighted by atomic mass is 10.0. The number of hydrogen-bond acceptors (Lipinski definition) is 3. The van der Waals surface area contributed by atoms with Gasteiger partial charge in [-0.2, -0.15) is 0 Å². The highest BCUT2D eigenvalue weighted by Gasteiger charge is 2.29. The van der Waals surface area contributed by atoms with E-state index in [1.807, 2.05) is 13.8 Å². The SMILES string of the molecule is CCc1cc[n+](CC2Cc3cc4c(C)cc(=O)oc4c(C)c3O2)cc1. The first-order valence-corrected chi connectivity index (χ1v) is 8.76. The molecule has 1 aliphatic heterocycles. The van der Waals surface area contributed by atoms with Crippen LogP contribution in [-0.2, 0) is 19.4 Å². The summed E-state index contributed by atoms with van der Waals surface area (Å²) in [6.07, 6.45) is 6.22. The van der Waals surface area contributed by atoms with Crippen molar-refractivity contribution in [2.75, 3.05) is 0 Å². The van der Waals surface area contributed by atoms with Gasteiger partial charge in [-0.05, 0) is 43.0 Å². The van der Waals surface area contributed by atoms with Gasteiger partial charge in [0.1, 0.15) is 11.3 Å². The summed E-state index contributed by atoms with van der Waals surface area (Å²) in [6.45, 7) is 6.88. The predicted molar refractivity (Wildman–Crippen MR) is 96.1 cm³/mol. The second-order valence-electron chi connectivity index (χ2n) is 6.82. The predicted octanol–water partition coefficient (Wildman–Crippen LogP) is 3.26. The monoisotopic (exact) mass is 336 g/mol. The maximum absolute atomic E-state index is 11.7. The Bertz CT molecular complexity index is 1000. The number of hydrogen-bond donors (Lipinski definition) is 0. The van der Waals surface area contributed by atoms with Crippen LogP contribution >= 0.6 is 0 Å². The van der Waals surface area contributed by atoms with E-state index in [2.05, 4.69) is 42.1 Å². The molecule has 0 radical (unpaired) electrons. The van der Waals surface area contributed by atoms with E-state index in [1.165, 1.54) is 11.1 Å². The van der Waals surface area contributed by atoms with Crippen molar-refractivity contribution in [2.24, 2.45) is 0 Å². The zero-order valence-corrected chi connectivity index (χ0v) is 14.8. The molecule has 0 amide bonds. The van der Waals surface area contributed by atoms with Crippen LogP contribution < -0.4 is 14.9 Å². The topological polar surface area (TPSA) is 43.3 Å². The molecule has 1 unspecified atom stereocenters. The van der Waals surface area contributed by atoms with Gasteiger partial charge < -0.3 is 9.15 Å². The molecule has 128 valence electrons. The first-order valence-electron chi connectivity index (χ1n) is 8.76. The molecule has 1 aromatic carbocycles. The van der Waals surface area contributed by atoms with Crippen molar-refractivity contribution in [3.8, 4) is 5.75 Å². The fourth-order valence-electron chi connectivity index (χ4n) is 3.61. The van der Waals surface area contributed by atoms with E-state index >= 15 is 0 Å². The summed E-state index contributed by atoms with van der Waals surface area (Å²) in [7, 11) is 0. The average molecular weight is 336 g/mol. The van der Waals surface area contributed by atoms with Crippen molar-refractivity contribution in [1.82, 2.24) is 0 Å². The second kappa shape index (κ2) is 6.03. The van der Waals surface area contributed by atoms with Crippen LogP contribution in [0.5, 0.6) is 5.75 Å². The van der Waals surface area contributed by atoms with Crippen LogP contribution in [0.2, 0.25) is 0 Å². The molecule has 3 heterocycles. The molecule has 4 heteroatoms. The minimum atomic E-state index is -0.311. The Morgan fingerprint density at radius 2 is 1.96 bits per heavy atom. The normalized spacial score (nSPS) is 16.0. The Morgan fingerprint density at radius 1 is 1.20 bits per heavy atom. The van der Waals surface area contributed by atoms with Gasteiger partial charge in [-0.15, -0.1) is 0 Å². The number of ether oxygens (including phenoxy) is 1. The standard InChI is InChI=1S/C21H22NO3/c1-4-15-5-7-22(8-6-15)12-17-10-16-11-18-13(2)9-19(23)25-21(18)14(3)20(16)24-17/h5-9,11,17H,4,10,12H2,1-3H3/q+1. The van der Waals surface area contributed by atoms with Crippen LogP contribution in [0.4, 0.5) is 0 Å². The van der Waals surface area contributed by atoms with Crippen LogP contribution in [0.25, 0.3) is 11.0 Å². The molecule has 0 bridgehead atoms. The molecule has 1 atom stereocenters. The molecule has 25 heavy (non-hydrogen) atoms. The fourth-order valence-corrected chi connectivity index (χ4v) is 3.61. The molecule has 4 nitrogen and oxygen atoms in total. The lowest BCUT2D eigenvalue weighted by molar-refractivity contribution is -0.702. The second-order valence-corrected chi connectivity index (χ2v) is 6.82. The van der Waals surface area contributed by atoms with Gasteiger partial charge in [-0.25, -0.2) is 9.36 Å². The number of aromatic nitrogens is 1. The number of rotatable bonds is 3. The maximum atomic E-state index is 11.7. The maximum Gasteiger partial charge on any atom is 0.336 e. The van der Waals surface area contributed by atoms with E-state index in [-0.39, 0.29) is 11.7 Å². The van der Waals surface area contributed by atoms with Crippen molar-refractivity contribution >= 4 is 11.0 Å². The van der Waals surface area contributed by atoms with Gasteiger partial charge >= 0.3 is 5.63 Å². The number of aryl methyl sites for hydroxylation is 3. The van der Waals surface area contributed by atoms with Crippen LogP contribution in [0.3, 0.4) is 0 Å². The molecule has 4 rings (SSSR count). The summed E-state index contributed by atoms with van der Waals surface area (Å²) in [5.74, 6) is 0.872. The quantitative estimate of drug-likeness (QED) is 0.545. The summed E-state index contributed by atoms with van der Waals surface area (Å²) < 4.78 is 13.8. The molecular weight excluding hydrogens is 314 g/mol. The third-order valence-electron chi connectivity index (χ3n) is 5.01. The van der Waals surface area contributed by atoms with Gasteiger partial charge in [0, 0.05) is 35.6 Å². The van der Waals surface area contributed by atoms with Gasteiger partial charge in [0.15, 0.2) is 25.0 Å². The number of fused-ring (bicyclic) bond motifs is 2. The first kappa shape index (κ1) is 15.9. The highest BCUT2D eigenvalue weighted by molar-refractivity contribution is 5.86. The van der Waals surface area contributed by atoms with Gasteiger partial charge in [0.05, 0.1) is 0 Å². The van der Waals surface area contributed by atoms with Crippen LogP contribution in [0, 0.1) is 13.8 Å². The van der Waals surface area contributed by atoms with Gasteiger partial charge in [0.25, 0.3) is 0 Å². The highest BCUT2D eigenvalue weighted by atomic mass is 16.5. The van der Waals surface area contributed by atoms with E-state index in [0.29, 0.717) is 5.58 Å². The van der Waals surface area contributed by atoms with Crippen LogP contribution in [0.1, 0.15) is 29.2 Å². The minimum Gasteiger partial charge on any atom is -0.483 e. The Labute approximate surface area is 146 Å². The lowest BCUT2D eigenvalue weighted by Gasteiger charge is -2.10. The Morgan fingerprint density at radius 3 is 2.68 bits per heavy atom. The molecule has 0 saturated heterocycles. The highest BCUT2D eigenvalue weighted by Crippen LogP contribution is 2.37.